The number of benzene rings is 1. The molecule has 3 aromatic heterocycles. The zero-order chi connectivity index (χ0) is 22.2. The van der Waals surface area contributed by atoms with Crippen molar-refractivity contribution in [3.05, 3.63) is 54.0 Å². The Morgan fingerprint density at radius 1 is 1.06 bits per heavy atom. The van der Waals surface area contributed by atoms with Crippen LogP contribution in [0.3, 0.4) is 0 Å². The Kier molecular flexibility index (Phi) is 5.05. The smallest absolute Gasteiger partial charge is 0.194 e. The second-order valence-electron chi connectivity index (χ2n) is 8.16. The molecular weight excluding hydrogens is 408 g/mol. The van der Waals surface area contributed by atoms with Crippen LogP contribution >= 0.6 is 0 Å². The summed E-state index contributed by atoms with van der Waals surface area (Å²) in [6, 6.07) is 11.4. The Hall–Kier alpha value is -3.81. The summed E-state index contributed by atoms with van der Waals surface area (Å²) in [5, 5.41) is 4.42. The van der Waals surface area contributed by atoms with E-state index in [1.807, 2.05) is 18.2 Å². The zero-order valence-corrected chi connectivity index (χ0v) is 18.1. The molecule has 0 unspecified atom stereocenters. The minimum atomic E-state index is -0.117. The molecule has 0 bridgehead atoms. The molecule has 8 nitrogen and oxygen atoms in total. The predicted octanol–water partition coefficient (Wildman–Crippen LogP) is 5.00. The Balaban J connectivity index is 1.49. The molecule has 164 valence electrons. The lowest BCUT2D eigenvalue weighted by atomic mass is 9.95. The number of hydrogen-bond donors (Lipinski definition) is 2. The molecule has 1 aliphatic heterocycles. The fourth-order valence-corrected chi connectivity index (χ4v) is 3.90. The van der Waals surface area contributed by atoms with Gasteiger partial charge in [0.1, 0.15) is 31.0 Å². The molecule has 8 heteroatoms. The van der Waals surface area contributed by atoms with E-state index in [1.54, 1.807) is 12.1 Å². The quantitative estimate of drug-likeness (QED) is 0.413. The first-order valence-corrected chi connectivity index (χ1v) is 10.6. The maximum atomic E-state index is 11.6. The van der Waals surface area contributed by atoms with Gasteiger partial charge in [0.2, 0.25) is 0 Å². The molecule has 1 aliphatic rings. The van der Waals surface area contributed by atoms with Gasteiger partial charge in [0.25, 0.3) is 0 Å². The van der Waals surface area contributed by atoms with E-state index >= 15 is 0 Å². The van der Waals surface area contributed by atoms with Gasteiger partial charge in [-0.05, 0) is 41.8 Å². The summed E-state index contributed by atoms with van der Waals surface area (Å²) in [5.41, 5.74) is 2.50. The summed E-state index contributed by atoms with van der Waals surface area (Å²) in [6.45, 7) is 6.90. The van der Waals surface area contributed by atoms with Crippen LogP contribution < -0.4 is 14.8 Å². The first kappa shape index (κ1) is 20.1. The number of rotatable bonds is 6. The molecule has 0 amide bonds. The number of aromatic nitrogens is 3. The summed E-state index contributed by atoms with van der Waals surface area (Å²) in [7, 11) is 0. The molecular formula is C24H24N4O4. The van der Waals surface area contributed by atoms with Gasteiger partial charge in [0.15, 0.2) is 28.8 Å². The van der Waals surface area contributed by atoms with Gasteiger partial charge in [-0.15, -0.1) is 0 Å². The van der Waals surface area contributed by atoms with E-state index in [1.165, 1.54) is 13.3 Å². The predicted molar refractivity (Wildman–Crippen MR) is 120 cm³/mol. The number of ether oxygens (including phenoxy) is 2. The van der Waals surface area contributed by atoms with Crippen LogP contribution in [-0.4, -0.2) is 33.9 Å². The zero-order valence-electron chi connectivity index (χ0n) is 18.1. The second kappa shape index (κ2) is 8.03. The standard InChI is InChI=1S/C24H24N4O4/c1-13(2)22(15-4-5-20-21(10-15)31-9-8-30-20)28-24-16-11-17(27-23(16)25-12-26-24)19-7-6-18(32-19)14(3)29/h4-7,10-13,22H,8-9H2,1-3H3,(H2,25,26,27,28)/t22-/m1/s1. The number of aromatic amines is 1. The van der Waals surface area contributed by atoms with Crippen molar-refractivity contribution in [2.45, 2.75) is 26.8 Å². The molecule has 0 spiro atoms. The van der Waals surface area contributed by atoms with Crippen LogP contribution in [0.5, 0.6) is 11.5 Å². The fourth-order valence-electron chi connectivity index (χ4n) is 3.90. The highest BCUT2D eigenvalue weighted by Crippen LogP contribution is 2.37. The molecule has 1 atom stereocenters. The first-order chi connectivity index (χ1) is 15.5. The highest BCUT2D eigenvalue weighted by molar-refractivity contribution is 5.93. The summed E-state index contributed by atoms with van der Waals surface area (Å²) in [4.78, 5) is 23.7. The Labute approximate surface area is 185 Å². The topological polar surface area (TPSA) is 102 Å². The minimum Gasteiger partial charge on any atom is -0.486 e. The van der Waals surface area contributed by atoms with Gasteiger partial charge >= 0.3 is 0 Å². The summed E-state index contributed by atoms with van der Waals surface area (Å²) in [5.74, 6) is 3.30. The molecule has 1 aromatic carbocycles. The van der Waals surface area contributed by atoms with Crippen LogP contribution in [0.4, 0.5) is 5.82 Å². The third kappa shape index (κ3) is 3.68. The number of furan rings is 1. The lowest BCUT2D eigenvalue weighted by molar-refractivity contribution is 0.0988. The number of carbonyl (C=O) groups excluding carboxylic acids is 1. The SMILES string of the molecule is CC(=O)c1ccc(-c2cc3c(N[C@@H](c4ccc5c(c4)OCCO5)C(C)C)ncnc3[nH]2)o1. The molecule has 0 saturated carbocycles. The molecule has 4 heterocycles. The number of ketones is 1. The van der Waals surface area contributed by atoms with Gasteiger partial charge in [-0.25, -0.2) is 9.97 Å². The fraction of sp³-hybridized carbons (Fsp3) is 0.292. The Bertz CT molecular complexity index is 1290. The van der Waals surface area contributed by atoms with Gasteiger partial charge in [0.05, 0.1) is 17.1 Å². The van der Waals surface area contributed by atoms with Crippen LogP contribution in [0.1, 0.15) is 42.9 Å². The van der Waals surface area contributed by atoms with E-state index in [0.717, 1.165) is 28.1 Å². The third-order valence-corrected chi connectivity index (χ3v) is 5.53. The first-order valence-electron chi connectivity index (χ1n) is 10.6. The van der Waals surface area contributed by atoms with Gasteiger partial charge in [-0.1, -0.05) is 19.9 Å². The van der Waals surface area contributed by atoms with E-state index in [-0.39, 0.29) is 17.7 Å². The molecule has 0 radical (unpaired) electrons. The molecule has 0 fully saturated rings. The van der Waals surface area contributed by atoms with Gasteiger partial charge in [-0.2, -0.15) is 0 Å². The van der Waals surface area contributed by atoms with Crippen molar-refractivity contribution in [2.24, 2.45) is 5.92 Å². The number of hydrogen-bond acceptors (Lipinski definition) is 7. The number of H-pyrrole nitrogens is 1. The number of nitrogens with zero attached hydrogens (tertiary/aromatic N) is 2. The maximum Gasteiger partial charge on any atom is 0.194 e. The van der Waals surface area contributed by atoms with E-state index in [9.17, 15) is 4.79 Å². The summed E-state index contributed by atoms with van der Waals surface area (Å²) < 4.78 is 17.1. The second-order valence-corrected chi connectivity index (χ2v) is 8.16. The van der Waals surface area contributed by atoms with Crippen molar-refractivity contribution in [2.75, 3.05) is 18.5 Å². The largest absolute Gasteiger partial charge is 0.486 e. The molecule has 5 rings (SSSR count). The van der Waals surface area contributed by atoms with Crippen LogP contribution in [-0.2, 0) is 0 Å². The van der Waals surface area contributed by atoms with Crippen molar-refractivity contribution < 1.29 is 18.7 Å². The molecule has 32 heavy (non-hydrogen) atoms. The highest BCUT2D eigenvalue weighted by Gasteiger charge is 2.22. The molecule has 0 aliphatic carbocycles. The van der Waals surface area contributed by atoms with E-state index in [2.05, 4.69) is 40.2 Å². The number of carbonyl (C=O) groups is 1. The molecule has 2 N–H and O–H groups in total. The van der Waals surface area contributed by atoms with Crippen molar-refractivity contribution in [1.82, 2.24) is 15.0 Å². The average Bonchev–Trinajstić information content (AvgIpc) is 3.44. The van der Waals surface area contributed by atoms with Crippen LogP contribution in [0, 0.1) is 5.92 Å². The normalized spacial score (nSPS) is 14.0. The van der Waals surface area contributed by atoms with Crippen molar-refractivity contribution >= 4 is 22.6 Å². The molecule has 4 aromatic rings. The minimum absolute atomic E-state index is 0.00444. The average molecular weight is 432 g/mol. The van der Waals surface area contributed by atoms with Crippen molar-refractivity contribution in [3.63, 3.8) is 0 Å². The lowest BCUT2D eigenvalue weighted by Crippen LogP contribution is -2.19. The lowest BCUT2D eigenvalue weighted by Gasteiger charge is -2.26. The van der Waals surface area contributed by atoms with E-state index < -0.39 is 0 Å². The van der Waals surface area contributed by atoms with Gasteiger partial charge in [-0.3, -0.25) is 4.79 Å². The highest BCUT2D eigenvalue weighted by atomic mass is 16.6. The van der Waals surface area contributed by atoms with Gasteiger partial charge in [0, 0.05) is 6.92 Å². The van der Waals surface area contributed by atoms with E-state index in [0.29, 0.717) is 36.2 Å². The Morgan fingerprint density at radius 3 is 2.62 bits per heavy atom. The maximum absolute atomic E-state index is 11.6. The Morgan fingerprint density at radius 2 is 1.88 bits per heavy atom. The van der Waals surface area contributed by atoms with Crippen LogP contribution in [0.25, 0.3) is 22.5 Å². The summed E-state index contributed by atoms with van der Waals surface area (Å²) in [6.07, 6.45) is 1.52. The van der Waals surface area contributed by atoms with Crippen molar-refractivity contribution in [1.29, 1.82) is 0 Å². The van der Waals surface area contributed by atoms with Crippen LogP contribution in [0.2, 0.25) is 0 Å². The third-order valence-electron chi connectivity index (χ3n) is 5.53. The summed E-state index contributed by atoms with van der Waals surface area (Å²) >= 11 is 0. The van der Waals surface area contributed by atoms with Gasteiger partial charge < -0.3 is 24.2 Å². The van der Waals surface area contributed by atoms with E-state index in [4.69, 9.17) is 13.9 Å². The number of anilines is 1. The number of nitrogens with one attached hydrogen (secondary N) is 2. The number of fused-ring (bicyclic) bond motifs is 2. The van der Waals surface area contributed by atoms with Crippen molar-refractivity contribution in [3.8, 4) is 23.0 Å². The molecule has 0 saturated heterocycles. The number of Topliss-reactive ketones (excluding diaryl/α,β-unsaturated/α-hetero) is 1. The van der Waals surface area contributed by atoms with Crippen LogP contribution in [0.15, 0.2) is 47.1 Å². The monoisotopic (exact) mass is 432 g/mol.